The second kappa shape index (κ2) is 18.0. The minimum Gasteiger partial charge on any atom is -0.347 e. The predicted octanol–water partition coefficient (Wildman–Crippen LogP) is 4.37. The summed E-state index contributed by atoms with van der Waals surface area (Å²) in [5.41, 5.74) is -0.101. The number of halogens is 2. The lowest BCUT2D eigenvalue weighted by Gasteiger charge is -2.36. The van der Waals surface area contributed by atoms with E-state index in [2.05, 4.69) is 31.2 Å². The Kier molecular flexibility index (Phi) is 13.7. The van der Waals surface area contributed by atoms with Crippen molar-refractivity contribution < 1.29 is 28.8 Å². The van der Waals surface area contributed by atoms with Gasteiger partial charge in [0.05, 0.1) is 18.2 Å². The van der Waals surface area contributed by atoms with Gasteiger partial charge in [-0.2, -0.15) is 0 Å². The van der Waals surface area contributed by atoms with E-state index in [-0.39, 0.29) is 37.2 Å². The quantitative estimate of drug-likeness (QED) is 0.204. The molecule has 0 bridgehead atoms. The average Bonchev–Trinajstić information content (AvgIpc) is 3.85. The van der Waals surface area contributed by atoms with Gasteiger partial charge in [-0.3, -0.25) is 33.8 Å². The normalized spacial score (nSPS) is 20.7. The second-order valence-electron chi connectivity index (χ2n) is 15.8. The third-order valence-electron chi connectivity index (χ3n) is 10.6. The van der Waals surface area contributed by atoms with E-state index in [0.29, 0.717) is 22.0 Å². The van der Waals surface area contributed by atoms with Crippen LogP contribution in [0.1, 0.15) is 107 Å². The van der Waals surface area contributed by atoms with E-state index in [9.17, 15) is 28.8 Å². The number of likely N-dealkylation sites (tertiary alicyclic amines) is 1. The van der Waals surface area contributed by atoms with Gasteiger partial charge in [0.2, 0.25) is 23.5 Å². The summed E-state index contributed by atoms with van der Waals surface area (Å²) in [5.74, 6) is -4.92. The molecule has 1 saturated heterocycles. The molecule has 4 N–H and O–H groups in total. The highest BCUT2D eigenvalue weighted by Gasteiger charge is 2.46. The SMILES string of the molecule is CCC[C@H](NC(=O)[C@H]1CN(C(=O)[C@@H](NC(=O)[C@@H](NC(=O)c2cnccn2)C2CCCCC2)C(C)(C)C)CC1c1ccc(Cl)cc1Cl)C(=O)C(=O)NC1CC1. The average molecular weight is 785 g/mol. The number of aromatic nitrogens is 2. The molecule has 54 heavy (non-hydrogen) atoms. The summed E-state index contributed by atoms with van der Waals surface area (Å²) in [6.45, 7) is 7.43. The van der Waals surface area contributed by atoms with Crippen molar-refractivity contribution in [1.29, 1.82) is 0 Å². The van der Waals surface area contributed by atoms with Crippen LogP contribution in [0.2, 0.25) is 10.0 Å². The van der Waals surface area contributed by atoms with Crippen LogP contribution in [0.15, 0.2) is 36.8 Å². The van der Waals surface area contributed by atoms with Crippen LogP contribution in [0.5, 0.6) is 0 Å². The molecule has 0 radical (unpaired) electrons. The van der Waals surface area contributed by atoms with E-state index < -0.39 is 70.7 Å². The Balaban J connectivity index is 1.39. The Hall–Kier alpha value is -4.10. The van der Waals surface area contributed by atoms with Crippen LogP contribution in [0.25, 0.3) is 0 Å². The Morgan fingerprint density at radius 1 is 0.926 bits per heavy atom. The third-order valence-corrected chi connectivity index (χ3v) is 11.1. The molecule has 5 atom stereocenters. The Bertz CT molecular complexity index is 1710. The maximum atomic E-state index is 14.6. The lowest BCUT2D eigenvalue weighted by atomic mass is 9.82. The fourth-order valence-electron chi connectivity index (χ4n) is 7.41. The van der Waals surface area contributed by atoms with Crippen LogP contribution in [0.3, 0.4) is 0 Å². The topological polar surface area (TPSA) is 180 Å². The van der Waals surface area contributed by atoms with Crippen molar-refractivity contribution in [3.8, 4) is 0 Å². The number of rotatable bonds is 14. The van der Waals surface area contributed by atoms with Crippen LogP contribution >= 0.6 is 23.2 Å². The molecule has 5 rings (SSSR count). The Labute approximate surface area is 326 Å². The molecule has 292 valence electrons. The van der Waals surface area contributed by atoms with E-state index in [1.165, 1.54) is 18.6 Å². The monoisotopic (exact) mass is 783 g/mol. The first-order chi connectivity index (χ1) is 25.7. The fraction of sp³-hybridized carbons (Fsp3) is 0.590. The van der Waals surface area contributed by atoms with E-state index >= 15 is 0 Å². The molecule has 1 aliphatic heterocycles. The summed E-state index contributed by atoms with van der Waals surface area (Å²) in [4.78, 5) is 91.6. The van der Waals surface area contributed by atoms with Crippen molar-refractivity contribution in [3.63, 3.8) is 0 Å². The lowest BCUT2D eigenvalue weighted by Crippen LogP contribution is -2.60. The maximum Gasteiger partial charge on any atom is 0.289 e. The largest absolute Gasteiger partial charge is 0.347 e. The molecular formula is C39H51Cl2N7O6. The van der Waals surface area contributed by atoms with Crippen LogP contribution in [-0.2, 0) is 24.0 Å². The molecule has 1 aromatic carbocycles. The van der Waals surface area contributed by atoms with Crippen molar-refractivity contribution in [3.05, 3.63) is 58.1 Å². The minimum absolute atomic E-state index is 0.0195. The van der Waals surface area contributed by atoms with Gasteiger partial charge in [0.15, 0.2) is 0 Å². The van der Waals surface area contributed by atoms with E-state index in [1.807, 2.05) is 27.7 Å². The number of ketones is 1. The van der Waals surface area contributed by atoms with Crippen molar-refractivity contribution >= 4 is 58.5 Å². The zero-order chi connectivity index (χ0) is 39.2. The van der Waals surface area contributed by atoms with Crippen LogP contribution in [0, 0.1) is 17.3 Å². The van der Waals surface area contributed by atoms with Crippen molar-refractivity contribution in [1.82, 2.24) is 36.1 Å². The number of hydrogen-bond acceptors (Lipinski definition) is 8. The maximum absolute atomic E-state index is 14.6. The van der Waals surface area contributed by atoms with Crippen LogP contribution < -0.4 is 21.3 Å². The molecule has 2 aromatic rings. The first-order valence-corrected chi connectivity index (χ1v) is 19.7. The van der Waals surface area contributed by atoms with E-state index in [4.69, 9.17) is 23.2 Å². The number of nitrogens with one attached hydrogen (secondary N) is 4. The Morgan fingerprint density at radius 3 is 2.26 bits per heavy atom. The number of Topliss-reactive ketones (excluding diaryl/α,β-unsaturated/α-hetero) is 1. The van der Waals surface area contributed by atoms with Gasteiger partial charge in [0.25, 0.3) is 11.8 Å². The van der Waals surface area contributed by atoms with Gasteiger partial charge in [-0.05, 0) is 61.1 Å². The van der Waals surface area contributed by atoms with Gasteiger partial charge in [0, 0.05) is 47.5 Å². The molecule has 3 fully saturated rings. The molecule has 1 unspecified atom stereocenters. The summed E-state index contributed by atoms with van der Waals surface area (Å²) >= 11 is 12.9. The molecule has 0 spiro atoms. The van der Waals surface area contributed by atoms with Gasteiger partial charge < -0.3 is 26.2 Å². The summed E-state index contributed by atoms with van der Waals surface area (Å²) in [7, 11) is 0. The standard InChI is InChI=1S/C39H51Cl2N7O6/c1-5-9-29(32(49)37(53)44-24-13-14-24)45-34(50)27-21-48(20-26(27)25-15-12-23(40)18-28(25)41)38(54)33(39(2,3)4)47-36(52)31(22-10-7-6-8-11-22)46-35(51)30-19-42-16-17-43-30/h12,15-19,22,24,26-27,29,31,33H,5-11,13-14,20-21H2,1-4H3,(H,44,53)(H,45,50)(H,46,51)(H,47,52)/t26?,27-,29-,31-,33+/m0/s1. The number of hydrogen-bond donors (Lipinski definition) is 4. The van der Waals surface area contributed by atoms with Gasteiger partial charge in [-0.15, -0.1) is 0 Å². The van der Waals surface area contributed by atoms with Crippen molar-refractivity contribution in [2.45, 2.75) is 116 Å². The minimum atomic E-state index is -1.04. The molecule has 5 amide bonds. The fourth-order valence-corrected chi connectivity index (χ4v) is 7.95. The number of carbonyl (C=O) groups is 6. The molecular weight excluding hydrogens is 733 g/mol. The summed E-state index contributed by atoms with van der Waals surface area (Å²) in [5, 5.41) is 12.1. The Morgan fingerprint density at radius 2 is 1.65 bits per heavy atom. The van der Waals surface area contributed by atoms with Gasteiger partial charge in [-0.25, -0.2) is 4.98 Å². The van der Waals surface area contributed by atoms with Crippen LogP contribution in [-0.4, -0.2) is 87.4 Å². The number of benzene rings is 1. The summed E-state index contributed by atoms with van der Waals surface area (Å²) in [6, 6.07) is 1.94. The highest BCUT2D eigenvalue weighted by Crippen LogP contribution is 2.39. The summed E-state index contributed by atoms with van der Waals surface area (Å²) < 4.78 is 0. The molecule has 2 aliphatic carbocycles. The highest BCUT2D eigenvalue weighted by molar-refractivity contribution is 6.38. The lowest BCUT2D eigenvalue weighted by molar-refractivity contribution is -0.141. The van der Waals surface area contributed by atoms with Crippen LogP contribution in [0.4, 0.5) is 0 Å². The molecule has 15 heteroatoms. The molecule has 2 heterocycles. The third kappa shape index (κ3) is 10.3. The number of amides is 5. The van der Waals surface area contributed by atoms with Gasteiger partial charge in [-0.1, -0.05) is 82.6 Å². The molecule has 1 aromatic heterocycles. The zero-order valence-corrected chi connectivity index (χ0v) is 32.8. The zero-order valence-electron chi connectivity index (χ0n) is 31.3. The first kappa shape index (κ1) is 41.1. The second-order valence-corrected chi connectivity index (χ2v) is 16.7. The van der Waals surface area contributed by atoms with Crippen molar-refractivity contribution in [2.24, 2.45) is 17.3 Å². The molecule has 3 aliphatic rings. The predicted molar refractivity (Wildman–Crippen MR) is 204 cm³/mol. The van der Waals surface area contributed by atoms with Crippen molar-refractivity contribution in [2.75, 3.05) is 13.1 Å². The molecule has 13 nitrogen and oxygen atoms in total. The molecule has 2 saturated carbocycles. The van der Waals surface area contributed by atoms with E-state index in [0.717, 1.165) is 44.9 Å². The van der Waals surface area contributed by atoms with E-state index in [1.54, 1.807) is 23.1 Å². The number of nitrogens with zero attached hydrogens (tertiary/aromatic N) is 3. The summed E-state index contributed by atoms with van der Waals surface area (Å²) in [6.07, 6.45) is 11.0. The highest BCUT2D eigenvalue weighted by atomic mass is 35.5. The smallest absolute Gasteiger partial charge is 0.289 e. The van der Waals surface area contributed by atoms with Gasteiger partial charge in [0.1, 0.15) is 17.8 Å². The number of carbonyl (C=O) groups excluding carboxylic acids is 6. The first-order valence-electron chi connectivity index (χ1n) is 18.9. The van der Waals surface area contributed by atoms with Gasteiger partial charge >= 0.3 is 0 Å².